The minimum absolute atomic E-state index is 0.133. The molecule has 1 saturated heterocycles. The van der Waals surface area contributed by atoms with Crippen molar-refractivity contribution in [1.29, 1.82) is 0 Å². The van der Waals surface area contributed by atoms with E-state index in [9.17, 15) is 4.79 Å². The number of aromatic amines is 1. The van der Waals surface area contributed by atoms with Gasteiger partial charge in [-0.15, -0.1) is 0 Å². The van der Waals surface area contributed by atoms with Gasteiger partial charge in [-0.3, -0.25) is 4.79 Å². The third kappa shape index (κ3) is 1.42. The summed E-state index contributed by atoms with van der Waals surface area (Å²) >= 11 is 0. The first-order valence-electron chi connectivity index (χ1n) is 5.99. The van der Waals surface area contributed by atoms with Gasteiger partial charge in [0.1, 0.15) is 5.69 Å². The molecular weight excluding hydrogens is 218 g/mol. The monoisotopic (exact) mass is 235 g/mol. The lowest BCUT2D eigenvalue weighted by Gasteiger charge is -2.39. The van der Waals surface area contributed by atoms with Crippen molar-refractivity contribution in [2.75, 3.05) is 20.7 Å². The first-order valence-corrected chi connectivity index (χ1v) is 5.99. The number of nitrogens with zero attached hydrogens (tertiary/aromatic N) is 2. The highest BCUT2D eigenvalue weighted by Gasteiger charge is 2.44. The molecule has 1 aromatic rings. The van der Waals surface area contributed by atoms with Crippen LogP contribution in [0.1, 0.15) is 34.9 Å². The molecule has 1 amide bonds. The molecule has 0 radical (unpaired) electrons. The molecule has 0 unspecified atom stereocenters. The predicted octanol–water partition coefficient (Wildman–Crippen LogP) is 1.17. The summed E-state index contributed by atoms with van der Waals surface area (Å²) in [7, 11) is 3.59. The molecule has 3 heterocycles. The summed E-state index contributed by atoms with van der Waals surface area (Å²) in [5.41, 5.74) is 1.78. The van der Waals surface area contributed by atoms with Crippen molar-refractivity contribution in [1.82, 2.24) is 14.9 Å². The number of fused-ring (bicyclic) bond motifs is 2. The zero-order valence-electron chi connectivity index (χ0n) is 10.1. The zero-order valence-corrected chi connectivity index (χ0v) is 10.1. The third-order valence-electron chi connectivity index (χ3n) is 3.92. The molecule has 2 atom stereocenters. The Morgan fingerprint density at radius 3 is 3.18 bits per heavy atom. The van der Waals surface area contributed by atoms with E-state index < -0.39 is 0 Å². The summed E-state index contributed by atoms with van der Waals surface area (Å²) < 4.78 is 0. The Balaban J connectivity index is 2.07. The minimum Gasteiger partial charge on any atom is -0.357 e. The number of carbonyl (C=O) groups excluding carboxylic acids is 1. The normalized spacial score (nSPS) is 27.5. The lowest BCUT2D eigenvalue weighted by atomic mass is 9.93. The SMILES string of the molecule is CON(C)[C@@H]1c2cc[nH]c2C(=O)N2CCC[C@@H]12. The van der Waals surface area contributed by atoms with E-state index >= 15 is 0 Å². The maximum Gasteiger partial charge on any atom is 0.270 e. The molecule has 1 aromatic heterocycles. The lowest BCUT2D eigenvalue weighted by molar-refractivity contribution is -0.156. The number of carbonyl (C=O) groups is 1. The van der Waals surface area contributed by atoms with Gasteiger partial charge in [-0.05, 0) is 18.9 Å². The maximum absolute atomic E-state index is 12.3. The molecular formula is C12H17N3O2. The fourth-order valence-corrected chi connectivity index (χ4v) is 3.09. The quantitative estimate of drug-likeness (QED) is 0.783. The van der Waals surface area contributed by atoms with E-state index in [1.54, 1.807) is 7.11 Å². The highest BCUT2D eigenvalue weighted by atomic mass is 16.7. The van der Waals surface area contributed by atoms with Gasteiger partial charge in [-0.25, -0.2) is 0 Å². The lowest BCUT2D eigenvalue weighted by Crippen LogP contribution is -2.48. The summed E-state index contributed by atoms with van der Waals surface area (Å²) in [6, 6.07) is 2.38. The van der Waals surface area contributed by atoms with Crippen molar-refractivity contribution in [3.63, 3.8) is 0 Å². The van der Waals surface area contributed by atoms with Crippen LogP contribution in [0.15, 0.2) is 12.3 Å². The first kappa shape index (κ1) is 10.8. The predicted molar refractivity (Wildman–Crippen MR) is 62.4 cm³/mol. The molecule has 5 heteroatoms. The second-order valence-corrected chi connectivity index (χ2v) is 4.69. The highest BCUT2D eigenvalue weighted by Crippen LogP contribution is 2.39. The van der Waals surface area contributed by atoms with Crippen molar-refractivity contribution in [3.8, 4) is 0 Å². The average Bonchev–Trinajstić information content (AvgIpc) is 2.96. The number of H-pyrrole nitrogens is 1. The van der Waals surface area contributed by atoms with E-state index in [4.69, 9.17) is 4.84 Å². The van der Waals surface area contributed by atoms with Crippen LogP contribution in [0.3, 0.4) is 0 Å². The number of amides is 1. The fourth-order valence-electron chi connectivity index (χ4n) is 3.09. The van der Waals surface area contributed by atoms with Crippen molar-refractivity contribution in [2.45, 2.75) is 24.9 Å². The Labute approximate surface area is 100 Å². The summed E-state index contributed by atoms with van der Waals surface area (Å²) in [5, 5.41) is 1.85. The molecule has 92 valence electrons. The van der Waals surface area contributed by atoms with E-state index in [0.29, 0.717) is 0 Å². The van der Waals surface area contributed by atoms with Gasteiger partial charge in [0.15, 0.2) is 0 Å². The Morgan fingerprint density at radius 2 is 2.41 bits per heavy atom. The minimum atomic E-state index is 0.133. The van der Waals surface area contributed by atoms with Crippen LogP contribution in [0.2, 0.25) is 0 Å². The second-order valence-electron chi connectivity index (χ2n) is 4.69. The first-order chi connectivity index (χ1) is 8.24. The molecule has 0 aliphatic carbocycles. The Bertz CT molecular complexity index is 443. The topological polar surface area (TPSA) is 48.6 Å². The van der Waals surface area contributed by atoms with E-state index in [2.05, 4.69) is 4.98 Å². The van der Waals surface area contributed by atoms with Crippen LogP contribution >= 0.6 is 0 Å². The van der Waals surface area contributed by atoms with E-state index in [1.165, 1.54) is 0 Å². The van der Waals surface area contributed by atoms with Crippen LogP contribution in [0, 0.1) is 0 Å². The van der Waals surface area contributed by atoms with Crippen LogP contribution in [-0.4, -0.2) is 47.6 Å². The molecule has 2 aliphatic rings. The standard InChI is InChI=1S/C12H17N3O2/c1-14(17-2)11-8-5-6-13-10(8)12(16)15-7-3-4-9(11)15/h5-6,9,11,13H,3-4,7H2,1-2H3/t9-,11+/m0/s1. The molecule has 17 heavy (non-hydrogen) atoms. The van der Waals surface area contributed by atoms with E-state index in [1.807, 2.05) is 29.3 Å². The smallest absolute Gasteiger partial charge is 0.270 e. The number of hydrogen-bond donors (Lipinski definition) is 1. The van der Waals surface area contributed by atoms with E-state index in [-0.39, 0.29) is 18.0 Å². The van der Waals surface area contributed by atoms with Crippen molar-refractivity contribution in [2.24, 2.45) is 0 Å². The summed E-state index contributed by atoms with van der Waals surface area (Å²) in [6.07, 6.45) is 3.96. The molecule has 0 saturated carbocycles. The number of hydroxylamine groups is 2. The van der Waals surface area contributed by atoms with Crippen molar-refractivity contribution < 1.29 is 9.63 Å². The number of nitrogens with one attached hydrogen (secondary N) is 1. The molecule has 0 spiro atoms. The van der Waals surface area contributed by atoms with Crippen molar-refractivity contribution in [3.05, 3.63) is 23.5 Å². The van der Waals surface area contributed by atoms with Gasteiger partial charge >= 0.3 is 0 Å². The van der Waals surface area contributed by atoms with Crippen LogP contribution in [0.25, 0.3) is 0 Å². The summed E-state index contributed by atoms with van der Waals surface area (Å²) in [4.78, 5) is 22.6. The largest absolute Gasteiger partial charge is 0.357 e. The molecule has 1 fully saturated rings. The zero-order chi connectivity index (χ0) is 12.0. The molecule has 2 aliphatic heterocycles. The van der Waals surface area contributed by atoms with Crippen molar-refractivity contribution >= 4 is 5.91 Å². The average molecular weight is 235 g/mol. The van der Waals surface area contributed by atoms with Crippen LogP contribution in [0.5, 0.6) is 0 Å². The number of aromatic nitrogens is 1. The van der Waals surface area contributed by atoms with Gasteiger partial charge in [0.05, 0.1) is 19.2 Å². The highest BCUT2D eigenvalue weighted by molar-refractivity contribution is 5.96. The molecule has 0 bridgehead atoms. The van der Waals surface area contributed by atoms with Gasteiger partial charge in [0.25, 0.3) is 5.91 Å². The van der Waals surface area contributed by atoms with Gasteiger partial charge in [-0.2, -0.15) is 5.06 Å². The Kier molecular flexibility index (Phi) is 2.45. The Morgan fingerprint density at radius 1 is 1.59 bits per heavy atom. The number of rotatable bonds is 2. The van der Waals surface area contributed by atoms with Crippen LogP contribution in [0.4, 0.5) is 0 Å². The van der Waals surface area contributed by atoms with Crippen LogP contribution < -0.4 is 0 Å². The second kappa shape index (κ2) is 3.85. The van der Waals surface area contributed by atoms with Gasteiger partial charge < -0.3 is 14.7 Å². The molecule has 1 N–H and O–H groups in total. The molecule has 3 rings (SSSR count). The maximum atomic E-state index is 12.3. The fraction of sp³-hybridized carbons (Fsp3) is 0.583. The van der Waals surface area contributed by atoms with Gasteiger partial charge in [0, 0.05) is 25.4 Å². The summed E-state index contributed by atoms with van der Waals surface area (Å²) in [5.74, 6) is 0.133. The van der Waals surface area contributed by atoms with Crippen LogP contribution in [-0.2, 0) is 4.84 Å². The third-order valence-corrected chi connectivity index (χ3v) is 3.92. The summed E-state index contributed by atoms with van der Waals surface area (Å²) in [6.45, 7) is 0.857. The number of hydrogen-bond acceptors (Lipinski definition) is 3. The molecule has 0 aromatic carbocycles. The number of likely N-dealkylation sites (N-methyl/N-ethyl adjacent to an activating group) is 1. The van der Waals surface area contributed by atoms with E-state index in [0.717, 1.165) is 30.6 Å². The van der Waals surface area contributed by atoms with Gasteiger partial charge in [-0.1, -0.05) is 0 Å². The molecule has 5 nitrogen and oxygen atoms in total. The Hall–Kier alpha value is -1.33. The van der Waals surface area contributed by atoms with Gasteiger partial charge in [0.2, 0.25) is 0 Å².